The van der Waals surface area contributed by atoms with Crippen LogP contribution in [0.4, 0.5) is 5.69 Å². The van der Waals surface area contributed by atoms with E-state index in [1.807, 2.05) is 31.3 Å². The van der Waals surface area contributed by atoms with Crippen molar-refractivity contribution in [3.8, 4) is 6.07 Å². The Morgan fingerprint density at radius 3 is 2.59 bits per heavy atom. The summed E-state index contributed by atoms with van der Waals surface area (Å²) in [4.78, 5) is 13.2. The van der Waals surface area contributed by atoms with Gasteiger partial charge in [-0.2, -0.15) is 5.26 Å². The average Bonchev–Trinajstić information content (AvgIpc) is 2.50. The second kappa shape index (κ2) is 7.74. The van der Waals surface area contributed by atoms with E-state index in [4.69, 9.17) is 5.26 Å². The molecule has 0 saturated heterocycles. The molecule has 2 rings (SSSR count). The fourth-order valence-corrected chi connectivity index (χ4v) is 2.44. The molecule has 4 nitrogen and oxygen atoms in total. The first kappa shape index (κ1) is 16.2. The number of nitrogens with one attached hydrogen (secondary N) is 2. The first-order valence-corrected chi connectivity index (χ1v) is 7.72. The lowest BCUT2D eigenvalue weighted by molar-refractivity contribution is -0.885. The van der Waals surface area contributed by atoms with Crippen LogP contribution in [0.2, 0.25) is 0 Å². The van der Waals surface area contributed by atoms with E-state index in [9.17, 15) is 4.79 Å². The molecule has 2 N–H and O–H groups in total. The van der Waals surface area contributed by atoms with E-state index >= 15 is 0 Å². The second-order valence-electron chi connectivity index (χ2n) is 5.14. The van der Waals surface area contributed by atoms with Gasteiger partial charge in [-0.05, 0) is 24.3 Å². The molecule has 0 aliphatic rings. The zero-order valence-electron chi connectivity index (χ0n) is 12.3. The number of nitrogens with zero attached hydrogens (tertiary/aromatic N) is 1. The Hall–Kier alpha value is -2.16. The summed E-state index contributed by atoms with van der Waals surface area (Å²) in [5.41, 5.74) is 2.21. The topological polar surface area (TPSA) is 57.3 Å². The Bertz CT molecular complexity index is 692. The highest BCUT2D eigenvalue weighted by Gasteiger charge is 2.12. The summed E-state index contributed by atoms with van der Waals surface area (Å²) < 4.78 is 1.04. The Balaban J connectivity index is 1.91. The number of halogens is 1. The number of quaternary nitrogens is 1. The molecule has 1 unspecified atom stereocenters. The number of carbonyl (C=O) groups excluding carboxylic acids is 1. The van der Waals surface area contributed by atoms with E-state index in [1.54, 1.807) is 24.3 Å². The SMILES string of the molecule is C[NH+](CC(=O)Nc1ccccc1C#N)Cc1ccc(Br)cc1. The quantitative estimate of drug-likeness (QED) is 0.858. The van der Waals surface area contributed by atoms with Crippen LogP contribution in [0.25, 0.3) is 0 Å². The lowest BCUT2D eigenvalue weighted by Gasteiger charge is -2.14. The van der Waals surface area contributed by atoms with Gasteiger partial charge in [0.25, 0.3) is 5.91 Å². The summed E-state index contributed by atoms with van der Waals surface area (Å²) in [6.45, 7) is 1.11. The summed E-state index contributed by atoms with van der Waals surface area (Å²) >= 11 is 3.41. The van der Waals surface area contributed by atoms with Crippen molar-refractivity contribution in [2.45, 2.75) is 6.54 Å². The highest BCUT2D eigenvalue weighted by atomic mass is 79.9. The van der Waals surface area contributed by atoms with Crippen LogP contribution < -0.4 is 10.2 Å². The van der Waals surface area contributed by atoms with Crippen molar-refractivity contribution in [2.24, 2.45) is 0 Å². The Labute approximate surface area is 138 Å². The van der Waals surface area contributed by atoms with Crippen LogP contribution in [-0.4, -0.2) is 19.5 Å². The smallest absolute Gasteiger partial charge is 0.279 e. The molecule has 0 spiro atoms. The van der Waals surface area contributed by atoms with Gasteiger partial charge in [0.1, 0.15) is 12.6 Å². The largest absolute Gasteiger partial charge is 0.326 e. The van der Waals surface area contributed by atoms with Crippen LogP contribution >= 0.6 is 15.9 Å². The number of hydrogen-bond acceptors (Lipinski definition) is 2. The lowest BCUT2D eigenvalue weighted by Crippen LogP contribution is -3.08. The van der Waals surface area contributed by atoms with Gasteiger partial charge in [0.2, 0.25) is 0 Å². The zero-order valence-corrected chi connectivity index (χ0v) is 13.9. The van der Waals surface area contributed by atoms with Crippen molar-refractivity contribution < 1.29 is 9.69 Å². The Morgan fingerprint density at radius 1 is 1.23 bits per heavy atom. The molecule has 0 bridgehead atoms. The molecule has 0 radical (unpaired) electrons. The van der Waals surface area contributed by atoms with Crippen molar-refractivity contribution in [2.75, 3.05) is 18.9 Å². The summed E-state index contributed by atoms with van der Waals surface area (Å²) in [5, 5.41) is 11.8. The normalized spacial score (nSPS) is 11.5. The van der Waals surface area contributed by atoms with Crippen molar-refractivity contribution >= 4 is 27.5 Å². The first-order valence-electron chi connectivity index (χ1n) is 6.93. The van der Waals surface area contributed by atoms with Crippen LogP contribution in [-0.2, 0) is 11.3 Å². The third kappa shape index (κ3) is 4.69. The number of likely N-dealkylation sites (N-methyl/N-ethyl adjacent to an activating group) is 1. The van der Waals surface area contributed by atoms with Gasteiger partial charge in [0.15, 0.2) is 6.54 Å². The van der Waals surface area contributed by atoms with Gasteiger partial charge >= 0.3 is 0 Å². The van der Waals surface area contributed by atoms with E-state index in [0.717, 1.165) is 15.9 Å². The number of carbonyl (C=O) groups is 1. The molecule has 22 heavy (non-hydrogen) atoms. The van der Waals surface area contributed by atoms with Crippen molar-refractivity contribution in [3.63, 3.8) is 0 Å². The Morgan fingerprint density at radius 2 is 1.91 bits per heavy atom. The maximum absolute atomic E-state index is 12.1. The fraction of sp³-hybridized carbons (Fsp3) is 0.176. The molecule has 1 amide bonds. The first-order chi connectivity index (χ1) is 10.6. The van der Waals surface area contributed by atoms with Crippen LogP contribution in [0, 0.1) is 11.3 Å². The predicted octanol–water partition coefficient (Wildman–Crippen LogP) is 1.97. The summed E-state index contributed by atoms with van der Waals surface area (Å²) in [6, 6.07) is 17.1. The van der Waals surface area contributed by atoms with Crippen LogP contribution in [0.5, 0.6) is 0 Å². The number of nitriles is 1. The summed E-state index contributed by atoms with van der Waals surface area (Å²) in [7, 11) is 1.97. The molecule has 2 aromatic rings. The van der Waals surface area contributed by atoms with E-state index in [-0.39, 0.29) is 5.91 Å². The highest BCUT2D eigenvalue weighted by Crippen LogP contribution is 2.13. The van der Waals surface area contributed by atoms with Gasteiger partial charge in [0.05, 0.1) is 18.3 Å². The maximum Gasteiger partial charge on any atom is 0.279 e. The number of hydrogen-bond donors (Lipinski definition) is 2. The van der Waals surface area contributed by atoms with Gasteiger partial charge in [0, 0.05) is 10.0 Å². The molecule has 5 heteroatoms. The molecule has 0 heterocycles. The molecule has 1 atom stereocenters. The van der Waals surface area contributed by atoms with E-state index in [1.165, 1.54) is 5.56 Å². The number of amides is 1. The van der Waals surface area contributed by atoms with Gasteiger partial charge in [-0.25, -0.2) is 0 Å². The van der Waals surface area contributed by atoms with Gasteiger partial charge in [-0.3, -0.25) is 4.79 Å². The minimum Gasteiger partial charge on any atom is -0.326 e. The molecule has 0 aliphatic heterocycles. The molecule has 112 valence electrons. The minimum absolute atomic E-state index is 0.0997. The van der Waals surface area contributed by atoms with Crippen LogP contribution in [0.1, 0.15) is 11.1 Å². The highest BCUT2D eigenvalue weighted by molar-refractivity contribution is 9.10. The van der Waals surface area contributed by atoms with E-state index in [0.29, 0.717) is 17.8 Å². The molecule has 0 aromatic heterocycles. The van der Waals surface area contributed by atoms with E-state index < -0.39 is 0 Å². The number of anilines is 1. The van der Waals surface area contributed by atoms with Crippen LogP contribution in [0.3, 0.4) is 0 Å². The average molecular weight is 359 g/mol. The third-order valence-corrected chi connectivity index (χ3v) is 3.73. The maximum atomic E-state index is 12.1. The Kier molecular flexibility index (Phi) is 5.70. The van der Waals surface area contributed by atoms with Crippen molar-refractivity contribution in [1.29, 1.82) is 5.26 Å². The van der Waals surface area contributed by atoms with Gasteiger partial charge in [-0.15, -0.1) is 0 Å². The van der Waals surface area contributed by atoms with Gasteiger partial charge in [-0.1, -0.05) is 40.2 Å². The fourth-order valence-electron chi connectivity index (χ4n) is 2.17. The second-order valence-corrected chi connectivity index (χ2v) is 6.06. The molecule has 0 saturated carbocycles. The van der Waals surface area contributed by atoms with Crippen molar-refractivity contribution in [1.82, 2.24) is 0 Å². The summed E-state index contributed by atoms with van der Waals surface area (Å²) in [6.07, 6.45) is 0. The number of rotatable bonds is 5. The molecule has 0 fully saturated rings. The molecule has 0 aliphatic carbocycles. The van der Waals surface area contributed by atoms with Crippen LogP contribution in [0.15, 0.2) is 53.0 Å². The number of para-hydroxylation sites is 1. The molecular formula is C17H17BrN3O+. The summed E-state index contributed by atoms with van der Waals surface area (Å²) in [5.74, 6) is -0.0997. The standard InChI is InChI=1S/C17H16BrN3O/c1-21(11-13-6-8-15(18)9-7-13)12-17(22)20-16-5-3-2-4-14(16)10-19/h2-9H,11-12H2,1H3,(H,20,22)/p+1. The zero-order chi connectivity index (χ0) is 15.9. The third-order valence-electron chi connectivity index (χ3n) is 3.20. The van der Waals surface area contributed by atoms with E-state index in [2.05, 4.69) is 27.3 Å². The minimum atomic E-state index is -0.0997. The number of benzene rings is 2. The monoisotopic (exact) mass is 358 g/mol. The van der Waals surface area contributed by atoms with Gasteiger partial charge < -0.3 is 10.2 Å². The molecule has 2 aromatic carbocycles. The molecular weight excluding hydrogens is 342 g/mol. The lowest BCUT2D eigenvalue weighted by atomic mass is 10.2. The predicted molar refractivity (Wildman–Crippen MR) is 89.4 cm³/mol. The van der Waals surface area contributed by atoms with Crippen molar-refractivity contribution in [3.05, 3.63) is 64.1 Å².